The van der Waals surface area contributed by atoms with Crippen LogP contribution in [0.2, 0.25) is 0 Å². The van der Waals surface area contributed by atoms with E-state index in [1.807, 2.05) is 0 Å². The van der Waals surface area contributed by atoms with Crippen LogP contribution in [0.1, 0.15) is 19.3 Å². The number of carbonyl (C=O) groups excluding carboxylic acids is 2. The molecule has 1 fully saturated rings. The predicted molar refractivity (Wildman–Crippen MR) is 57.3 cm³/mol. The molecule has 1 aliphatic rings. The van der Waals surface area contributed by atoms with Crippen molar-refractivity contribution in [1.82, 2.24) is 15.5 Å². The van der Waals surface area contributed by atoms with Gasteiger partial charge in [-0.15, -0.1) is 0 Å². The Morgan fingerprint density at radius 1 is 1.47 bits per heavy atom. The molecule has 1 aliphatic heterocycles. The standard InChI is InChI=1S/C10H19N3O2/c1-11-9(14)7-13(2)10(15)8-5-3-4-6-12-8/h8,12H,3-7H2,1-2H3,(H,11,14). The monoisotopic (exact) mass is 213 g/mol. The maximum atomic E-state index is 11.8. The van der Waals surface area contributed by atoms with Crippen LogP contribution in [0.5, 0.6) is 0 Å². The Kier molecular flexibility index (Phi) is 4.55. The molecule has 86 valence electrons. The third-order valence-electron chi connectivity index (χ3n) is 2.64. The van der Waals surface area contributed by atoms with Gasteiger partial charge >= 0.3 is 0 Å². The number of nitrogens with zero attached hydrogens (tertiary/aromatic N) is 1. The summed E-state index contributed by atoms with van der Waals surface area (Å²) in [5.74, 6) is -0.125. The number of likely N-dealkylation sites (N-methyl/N-ethyl adjacent to an activating group) is 2. The van der Waals surface area contributed by atoms with Crippen molar-refractivity contribution >= 4 is 11.8 Å². The highest BCUT2D eigenvalue weighted by molar-refractivity contribution is 5.87. The quantitative estimate of drug-likeness (QED) is 0.654. The van der Waals surface area contributed by atoms with Gasteiger partial charge in [0.15, 0.2) is 0 Å². The van der Waals surface area contributed by atoms with Gasteiger partial charge in [-0.2, -0.15) is 0 Å². The Hall–Kier alpha value is -1.10. The smallest absolute Gasteiger partial charge is 0.239 e. The molecule has 0 saturated carbocycles. The van der Waals surface area contributed by atoms with E-state index in [9.17, 15) is 9.59 Å². The second kappa shape index (κ2) is 5.70. The third-order valence-corrected chi connectivity index (χ3v) is 2.64. The van der Waals surface area contributed by atoms with Crippen molar-refractivity contribution < 1.29 is 9.59 Å². The molecule has 2 N–H and O–H groups in total. The van der Waals surface area contributed by atoms with Crippen LogP contribution in [-0.4, -0.2) is 49.9 Å². The molecule has 5 heteroatoms. The summed E-state index contributed by atoms with van der Waals surface area (Å²) in [7, 11) is 3.23. The normalized spacial score (nSPS) is 20.8. The zero-order valence-electron chi connectivity index (χ0n) is 9.38. The maximum absolute atomic E-state index is 11.8. The highest BCUT2D eigenvalue weighted by Gasteiger charge is 2.24. The third kappa shape index (κ3) is 3.51. The largest absolute Gasteiger partial charge is 0.358 e. The van der Waals surface area contributed by atoms with Gasteiger partial charge in [0, 0.05) is 14.1 Å². The average Bonchev–Trinajstić information content (AvgIpc) is 2.29. The molecule has 1 heterocycles. The molecule has 1 rings (SSSR count). The summed E-state index contributed by atoms with van der Waals surface area (Å²) >= 11 is 0. The first-order chi connectivity index (χ1) is 7.15. The van der Waals surface area contributed by atoms with Gasteiger partial charge in [-0.05, 0) is 19.4 Å². The van der Waals surface area contributed by atoms with E-state index in [1.54, 1.807) is 14.1 Å². The van der Waals surface area contributed by atoms with Crippen molar-refractivity contribution in [3.05, 3.63) is 0 Å². The van der Waals surface area contributed by atoms with Crippen molar-refractivity contribution in [2.45, 2.75) is 25.3 Å². The Bertz CT molecular complexity index is 237. The van der Waals surface area contributed by atoms with Crippen LogP contribution in [-0.2, 0) is 9.59 Å². The van der Waals surface area contributed by atoms with Gasteiger partial charge in [0.1, 0.15) is 0 Å². The minimum atomic E-state index is -0.137. The number of nitrogens with one attached hydrogen (secondary N) is 2. The summed E-state index contributed by atoms with van der Waals surface area (Å²) in [6, 6.07) is -0.103. The van der Waals surface area contributed by atoms with Gasteiger partial charge in [0.05, 0.1) is 12.6 Å². The minimum absolute atomic E-state index is 0.0123. The van der Waals surface area contributed by atoms with Crippen molar-refractivity contribution in [3.63, 3.8) is 0 Å². The van der Waals surface area contributed by atoms with Gasteiger partial charge in [-0.3, -0.25) is 9.59 Å². The zero-order valence-corrected chi connectivity index (χ0v) is 9.38. The molecule has 2 amide bonds. The summed E-state index contributed by atoms with van der Waals surface area (Å²) in [6.07, 6.45) is 3.08. The number of hydrogen-bond donors (Lipinski definition) is 2. The van der Waals surface area contributed by atoms with E-state index < -0.39 is 0 Å². The second-order valence-corrected chi connectivity index (χ2v) is 3.87. The van der Waals surface area contributed by atoms with Crippen molar-refractivity contribution in [2.75, 3.05) is 27.2 Å². The van der Waals surface area contributed by atoms with Crippen LogP contribution in [0.25, 0.3) is 0 Å². The molecule has 15 heavy (non-hydrogen) atoms. The van der Waals surface area contributed by atoms with E-state index in [-0.39, 0.29) is 24.4 Å². The molecule has 0 aromatic heterocycles. The van der Waals surface area contributed by atoms with Crippen LogP contribution in [0.3, 0.4) is 0 Å². The molecular formula is C10H19N3O2. The first-order valence-corrected chi connectivity index (χ1v) is 5.34. The Balaban J connectivity index is 2.40. The van der Waals surface area contributed by atoms with E-state index in [4.69, 9.17) is 0 Å². The Morgan fingerprint density at radius 3 is 2.73 bits per heavy atom. The lowest BCUT2D eigenvalue weighted by Crippen LogP contribution is -2.49. The fraction of sp³-hybridized carbons (Fsp3) is 0.800. The molecule has 0 aliphatic carbocycles. The molecular weight excluding hydrogens is 194 g/mol. The molecule has 0 bridgehead atoms. The lowest BCUT2D eigenvalue weighted by molar-refractivity contribution is -0.136. The lowest BCUT2D eigenvalue weighted by Gasteiger charge is -2.26. The molecule has 0 radical (unpaired) electrons. The molecule has 5 nitrogen and oxygen atoms in total. The van der Waals surface area contributed by atoms with Crippen LogP contribution in [0, 0.1) is 0 Å². The number of carbonyl (C=O) groups is 2. The highest BCUT2D eigenvalue weighted by Crippen LogP contribution is 2.08. The van der Waals surface area contributed by atoms with Gasteiger partial charge in [0.2, 0.25) is 11.8 Å². The topological polar surface area (TPSA) is 61.4 Å². The predicted octanol–water partition coefficient (Wildman–Crippen LogP) is -0.667. The van der Waals surface area contributed by atoms with Crippen LogP contribution in [0.15, 0.2) is 0 Å². The molecule has 0 spiro atoms. The fourth-order valence-electron chi connectivity index (χ4n) is 1.70. The van der Waals surface area contributed by atoms with E-state index in [2.05, 4.69) is 10.6 Å². The van der Waals surface area contributed by atoms with Crippen LogP contribution < -0.4 is 10.6 Å². The van der Waals surface area contributed by atoms with E-state index in [0.29, 0.717) is 0 Å². The number of rotatable bonds is 3. The molecule has 1 unspecified atom stereocenters. The maximum Gasteiger partial charge on any atom is 0.239 e. The number of piperidine rings is 1. The van der Waals surface area contributed by atoms with E-state index in [0.717, 1.165) is 25.8 Å². The summed E-state index contributed by atoms with van der Waals surface area (Å²) in [4.78, 5) is 24.4. The molecule has 1 saturated heterocycles. The molecule has 0 aromatic carbocycles. The SMILES string of the molecule is CNC(=O)CN(C)C(=O)C1CCCCN1. The first-order valence-electron chi connectivity index (χ1n) is 5.34. The van der Waals surface area contributed by atoms with Gasteiger partial charge in [-0.25, -0.2) is 0 Å². The highest BCUT2D eigenvalue weighted by atomic mass is 16.2. The number of hydrogen-bond acceptors (Lipinski definition) is 3. The van der Waals surface area contributed by atoms with Gasteiger partial charge in [-0.1, -0.05) is 6.42 Å². The number of amides is 2. The summed E-state index contributed by atoms with van der Waals surface area (Å²) in [5.41, 5.74) is 0. The van der Waals surface area contributed by atoms with Crippen LogP contribution >= 0.6 is 0 Å². The van der Waals surface area contributed by atoms with Crippen molar-refractivity contribution in [1.29, 1.82) is 0 Å². The van der Waals surface area contributed by atoms with Crippen molar-refractivity contribution in [3.8, 4) is 0 Å². The summed E-state index contributed by atoms with van der Waals surface area (Å²) in [5, 5.41) is 5.67. The van der Waals surface area contributed by atoms with Gasteiger partial charge in [0.25, 0.3) is 0 Å². The zero-order chi connectivity index (χ0) is 11.3. The first kappa shape index (κ1) is 12.0. The van der Waals surface area contributed by atoms with E-state index >= 15 is 0 Å². The van der Waals surface area contributed by atoms with Gasteiger partial charge < -0.3 is 15.5 Å². The summed E-state index contributed by atoms with van der Waals surface area (Å²) < 4.78 is 0. The molecule has 0 aromatic rings. The minimum Gasteiger partial charge on any atom is -0.358 e. The molecule has 1 atom stereocenters. The second-order valence-electron chi connectivity index (χ2n) is 3.87. The summed E-state index contributed by atoms with van der Waals surface area (Å²) in [6.45, 7) is 1.03. The Labute approximate surface area is 90.2 Å². The average molecular weight is 213 g/mol. The Morgan fingerprint density at radius 2 is 2.20 bits per heavy atom. The fourth-order valence-corrected chi connectivity index (χ4v) is 1.70. The van der Waals surface area contributed by atoms with Crippen molar-refractivity contribution in [2.24, 2.45) is 0 Å². The van der Waals surface area contributed by atoms with E-state index in [1.165, 1.54) is 4.90 Å². The van der Waals surface area contributed by atoms with Crippen LogP contribution in [0.4, 0.5) is 0 Å². The lowest BCUT2D eigenvalue weighted by atomic mass is 10.0.